The number of aromatic amines is 1. The number of nitrogens with one attached hydrogen (secondary N) is 1. The van der Waals surface area contributed by atoms with Gasteiger partial charge in [0, 0.05) is 50.7 Å². The van der Waals surface area contributed by atoms with Crippen molar-refractivity contribution in [2.75, 3.05) is 19.6 Å². The fraction of sp³-hybridized carbons (Fsp3) is 0.474. The summed E-state index contributed by atoms with van der Waals surface area (Å²) in [5, 5.41) is 0. The van der Waals surface area contributed by atoms with E-state index in [1.807, 2.05) is 29.3 Å². The standard InChI is InChI=1S/C19H23N5O3/c25-17-6-8-22(19(27)21-17)13-18(26)24-10-14-4-5-16(12-24)23(9-14)11-15-3-1-2-7-20-15/h1-3,6-8,14,16H,4-5,9-13H2,(H,21,25,27). The van der Waals surface area contributed by atoms with Crippen molar-refractivity contribution in [3.63, 3.8) is 0 Å². The van der Waals surface area contributed by atoms with Crippen LogP contribution in [-0.4, -0.2) is 55.9 Å². The van der Waals surface area contributed by atoms with Crippen LogP contribution in [-0.2, 0) is 17.9 Å². The number of hydrogen-bond acceptors (Lipinski definition) is 5. The SMILES string of the molecule is O=C(Cn1ccc(=O)[nH]c1=O)N1CC2CCC(C1)N(Cc1ccccn1)C2. The number of rotatable bonds is 4. The van der Waals surface area contributed by atoms with Gasteiger partial charge in [-0.25, -0.2) is 4.79 Å². The zero-order valence-electron chi connectivity index (χ0n) is 15.1. The molecule has 2 unspecified atom stereocenters. The fourth-order valence-electron chi connectivity index (χ4n) is 4.09. The molecule has 1 N–H and O–H groups in total. The normalized spacial score (nSPS) is 22.6. The highest BCUT2D eigenvalue weighted by Crippen LogP contribution is 2.29. The molecule has 3 fully saturated rings. The van der Waals surface area contributed by atoms with Crippen LogP contribution >= 0.6 is 0 Å². The number of carbonyl (C=O) groups is 1. The minimum Gasteiger partial charge on any atom is -0.339 e. The molecule has 0 spiro atoms. The second-order valence-electron chi connectivity index (χ2n) is 7.38. The number of amides is 1. The van der Waals surface area contributed by atoms with E-state index in [-0.39, 0.29) is 12.5 Å². The third-order valence-electron chi connectivity index (χ3n) is 5.47. The number of carbonyl (C=O) groups excluding carboxylic acids is 1. The Morgan fingerprint density at radius 3 is 2.81 bits per heavy atom. The largest absolute Gasteiger partial charge is 0.339 e. The average molecular weight is 369 g/mol. The maximum atomic E-state index is 12.8. The van der Waals surface area contributed by atoms with Gasteiger partial charge < -0.3 is 4.90 Å². The minimum atomic E-state index is -0.551. The highest BCUT2D eigenvalue weighted by atomic mass is 16.2. The molecule has 0 aromatic carbocycles. The van der Waals surface area contributed by atoms with Crippen LogP contribution in [0.5, 0.6) is 0 Å². The van der Waals surface area contributed by atoms with E-state index in [0.717, 1.165) is 31.6 Å². The highest BCUT2D eigenvalue weighted by Gasteiger charge is 2.36. The second kappa shape index (κ2) is 7.48. The van der Waals surface area contributed by atoms with Gasteiger partial charge in [-0.1, -0.05) is 6.07 Å². The summed E-state index contributed by atoms with van der Waals surface area (Å²) in [6, 6.07) is 7.51. The summed E-state index contributed by atoms with van der Waals surface area (Å²) >= 11 is 0. The molecule has 1 amide bonds. The zero-order valence-corrected chi connectivity index (χ0v) is 15.1. The number of fused-ring (bicyclic) bond motifs is 4. The monoisotopic (exact) mass is 369 g/mol. The maximum Gasteiger partial charge on any atom is 0.328 e. The molecule has 142 valence electrons. The lowest BCUT2D eigenvalue weighted by molar-refractivity contribution is -0.132. The van der Waals surface area contributed by atoms with E-state index in [4.69, 9.17) is 0 Å². The van der Waals surface area contributed by atoms with Crippen molar-refractivity contribution in [1.29, 1.82) is 0 Å². The molecule has 8 heteroatoms. The lowest BCUT2D eigenvalue weighted by Crippen LogP contribution is -2.44. The Morgan fingerprint density at radius 1 is 1.15 bits per heavy atom. The summed E-state index contributed by atoms with van der Waals surface area (Å²) in [7, 11) is 0. The van der Waals surface area contributed by atoms with Gasteiger partial charge in [0.2, 0.25) is 5.91 Å². The van der Waals surface area contributed by atoms with Gasteiger partial charge in [0.15, 0.2) is 0 Å². The first kappa shape index (κ1) is 17.7. The molecular weight excluding hydrogens is 346 g/mol. The van der Waals surface area contributed by atoms with E-state index < -0.39 is 11.2 Å². The number of hydrogen-bond donors (Lipinski definition) is 1. The van der Waals surface area contributed by atoms with Crippen molar-refractivity contribution in [2.24, 2.45) is 5.92 Å². The van der Waals surface area contributed by atoms with E-state index in [1.54, 1.807) is 0 Å². The average Bonchev–Trinajstić information content (AvgIpc) is 2.97. The Morgan fingerprint density at radius 2 is 2.04 bits per heavy atom. The number of piperidine rings is 1. The topological polar surface area (TPSA) is 91.3 Å². The second-order valence-corrected chi connectivity index (χ2v) is 7.38. The predicted octanol–water partition coefficient (Wildman–Crippen LogP) is 0.0546. The van der Waals surface area contributed by atoms with Crippen LogP contribution in [0, 0.1) is 5.92 Å². The van der Waals surface area contributed by atoms with Crippen molar-refractivity contribution in [2.45, 2.75) is 32.0 Å². The third-order valence-corrected chi connectivity index (χ3v) is 5.47. The molecule has 0 aliphatic carbocycles. The van der Waals surface area contributed by atoms with E-state index in [1.165, 1.54) is 16.8 Å². The molecule has 0 saturated carbocycles. The Kier molecular flexibility index (Phi) is 4.89. The van der Waals surface area contributed by atoms with Crippen molar-refractivity contribution >= 4 is 5.91 Å². The molecule has 2 aromatic rings. The number of pyridine rings is 1. The first-order valence-electron chi connectivity index (χ1n) is 9.30. The molecule has 3 saturated heterocycles. The predicted molar refractivity (Wildman–Crippen MR) is 99.1 cm³/mol. The first-order chi connectivity index (χ1) is 13.1. The van der Waals surface area contributed by atoms with Crippen molar-refractivity contribution in [1.82, 2.24) is 24.3 Å². The van der Waals surface area contributed by atoms with Gasteiger partial charge in [-0.05, 0) is 30.9 Å². The van der Waals surface area contributed by atoms with Crippen molar-refractivity contribution in [3.8, 4) is 0 Å². The smallest absolute Gasteiger partial charge is 0.328 e. The summed E-state index contributed by atoms with van der Waals surface area (Å²) in [5.41, 5.74) is 0.0369. The molecule has 2 aromatic heterocycles. The summed E-state index contributed by atoms with van der Waals surface area (Å²) in [4.78, 5) is 46.7. The molecule has 8 nitrogen and oxygen atoms in total. The number of nitrogens with zero attached hydrogens (tertiary/aromatic N) is 4. The Balaban J connectivity index is 1.45. The van der Waals surface area contributed by atoms with Crippen LogP contribution in [0.1, 0.15) is 18.5 Å². The van der Waals surface area contributed by atoms with Gasteiger partial charge in [0.1, 0.15) is 6.54 Å². The summed E-state index contributed by atoms with van der Waals surface area (Å²) in [6.45, 7) is 3.09. The van der Waals surface area contributed by atoms with Gasteiger partial charge in [-0.15, -0.1) is 0 Å². The van der Waals surface area contributed by atoms with Gasteiger partial charge in [-0.3, -0.25) is 29.0 Å². The van der Waals surface area contributed by atoms with Gasteiger partial charge >= 0.3 is 5.69 Å². The van der Waals surface area contributed by atoms with Crippen LogP contribution in [0.25, 0.3) is 0 Å². The first-order valence-corrected chi connectivity index (χ1v) is 9.30. The van der Waals surface area contributed by atoms with Crippen LogP contribution in [0.15, 0.2) is 46.2 Å². The van der Waals surface area contributed by atoms with Gasteiger partial charge in [0.05, 0.1) is 5.69 Å². The Labute approximate surface area is 156 Å². The van der Waals surface area contributed by atoms with E-state index in [0.29, 0.717) is 25.0 Å². The number of aromatic nitrogens is 3. The van der Waals surface area contributed by atoms with Crippen LogP contribution < -0.4 is 11.2 Å². The van der Waals surface area contributed by atoms with Crippen molar-refractivity contribution < 1.29 is 4.79 Å². The molecule has 2 bridgehead atoms. The molecule has 5 heterocycles. The van der Waals surface area contributed by atoms with Crippen LogP contribution in [0.4, 0.5) is 0 Å². The van der Waals surface area contributed by atoms with Crippen molar-refractivity contribution in [3.05, 3.63) is 63.2 Å². The highest BCUT2D eigenvalue weighted by molar-refractivity contribution is 5.76. The Bertz CT molecular complexity index is 923. The van der Waals surface area contributed by atoms with Gasteiger partial charge in [0.25, 0.3) is 5.56 Å². The lowest BCUT2D eigenvalue weighted by atomic mass is 9.95. The molecule has 0 radical (unpaired) electrons. The van der Waals surface area contributed by atoms with E-state index >= 15 is 0 Å². The molecule has 2 atom stereocenters. The summed E-state index contributed by atoms with van der Waals surface area (Å²) < 4.78 is 1.25. The van der Waals surface area contributed by atoms with Gasteiger partial charge in [-0.2, -0.15) is 0 Å². The zero-order chi connectivity index (χ0) is 18.8. The van der Waals surface area contributed by atoms with Crippen LogP contribution in [0.3, 0.4) is 0 Å². The van der Waals surface area contributed by atoms with E-state index in [9.17, 15) is 14.4 Å². The molecule has 3 aliphatic rings. The lowest BCUT2D eigenvalue weighted by Gasteiger charge is -2.35. The molecular formula is C19H23N5O3. The maximum absolute atomic E-state index is 12.8. The summed E-state index contributed by atoms with van der Waals surface area (Å²) in [6.07, 6.45) is 5.37. The minimum absolute atomic E-state index is 0.0463. The third kappa shape index (κ3) is 4.00. The van der Waals surface area contributed by atoms with E-state index in [2.05, 4.69) is 14.9 Å². The quantitative estimate of drug-likeness (QED) is 0.823. The molecule has 27 heavy (non-hydrogen) atoms. The number of H-pyrrole nitrogens is 1. The molecule has 3 aliphatic heterocycles. The fourth-order valence-corrected chi connectivity index (χ4v) is 4.09. The Hall–Kier alpha value is -2.74. The van der Waals surface area contributed by atoms with Crippen LogP contribution in [0.2, 0.25) is 0 Å². The summed E-state index contributed by atoms with van der Waals surface area (Å²) in [5.74, 6) is 0.351. The molecule has 5 rings (SSSR count).